The molecule has 132 valence electrons. The first-order valence-corrected chi connectivity index (χ1v) is 6.88. The molecule has 2 aromatic heterocycles. The van der Waals surface area contributed by atoms with Crippen molar-refractivity contribution in [3.63, 3.8) is 0 Å². The molecule has 0 aliphatic heterocycles. The van der Waals surface area contributed by atoms with Gasteiger partial charge in [0, 0.05) is 18.5 Å². The first-order valence-electron chi connectivity index (χ1n) is 6.88. The van der Waals surface area contributed by atoms with E-state index in [0.29, 0.717) is 5.69 Å². The molecule has 0 aromatic carbocycles. The molecule has 0 aliphatic carbocycles. The normalized spacial score (nSPS) is 13.5. The number of nitrogens with one attached hydrogen (secondary N) is 1. The fourth-order valence-corrected chi connectivity index (χ4v) is 2.00. The van der Waals surface area contributed by atoms with Gasteiger partial charge in [-0.05, 0) is 6.07 Å². The summed E-state index contributed by atoms with van der Waals surface area (Å²) in [5.74, 6) is -1.12. The van der Waals surface area contributed by atoms with Crippen LogP contribution in [0, 0.1) is 0 Å². The van der Waals surface area contributed by atoms with Crippen molar-refractivity contribution >= 4 is 11.6 Å². The Morgan fingerprint density at radius 1 is 1.38 bits per heavy atom. The lowest BCUT2D eigenvalue weighted by Crippen LogP contribution is -2.33. The van der Waals surface area contributed by atoms with Crippen LogP contribution in [0.3, 0.4) is 0 Å². The maximum absolute atomic E-state index is 13.2. The molecule has 0 saturated heterocycles. The smallest absolute Gasteiger partial charge is 0.344 e. The summed E-state index contributed by atoms with van der Waals surface area (Å²) in [4.78, 5) is 15.5. The highest BCUT2D eigenvalue weighted by Gasteiger charge is 2.30. The number of fused-ring (bicyclic) bond motifs is 1. The first kappa shape index (κ1) is 18.0. The van der Waals surface area contributed by atoms with Gasteiger partial charge >= 0.3 is 6.18 Å². The van der Waals surface area contributed by atoms with E-state index in [4.69, 9.17) is 5.73 Å². The Balaban J connectivity index is 2.16. The number of hydrogen-bond acceptors (Lipinski definition) is 4. The molecule has 1 amide bonds. The molecule has 1 unspecified atom stereocenters. The van der Waals surface area contributed by atoms with E-state index in [0.717, 1.165) is 6.20 Å². The van der Waals surface area contributed by atoms with Gasteiger partial charge in [-0.3, -0.25) is 4.79 Å². The summed E-state index contributed by atoms with van der Waals surface area (Å²) in [5, 5.41) is 5.78. The number of imidazole rings is 1. The molecule has 0 aliphatic rings. The van der Waals surface area contributed by atoms with E-state index < -0.39 is 37.4 Å². The summed E-state index contributed by atoms with van der Waals surface area (Å²) in [6, 6.07) is -0.506. The van der Waals surface area contributed by atoms with Gasteiger partial charge in [0.05, 0.1) is 24.5 Å². The van der Waals surface area contributed by atoms with E-state index in [1.807, 2.05) is 5.32 Å². The number of amides is 1. The molecule has 2 rings (SSSR count). The molecule has 11 heteroatoms. The molecule has 0 saturated carbocycles. The Hall–Kier alpha value is -2.30. The Kier molecular flexibility index (Phi) is 5.32. The number of carbonyl (C=O) groups is 1. The van der Waals surface area contributed by atoms with Crippen molar-refractivity contribution in [2.24, 2.45) is 5.73 Å². The Morgan fingerprint density at radius 2 is 2.08 bits per heavy atom. The van der Waals surface area contributed by atoms with Crippen molar-refractivity contribution in [1.29, 1.82) is 0 Å². The Bertz CT molecular complexity index is 714. The molecule has 6 nitrogen and oxygen atoms in total. The van der Waals surface area contributed by atoms with Crippen molar-refractivity contribution in [3.05, 3.63) is 29.7 Å². The van der Waals surface area contributed by atoms with Crippen LogP contribution in [0.4, 0.5) is 22.0 Å². The van der Waals surface area contributed by atoms with Crippen LogP contribution in [0.5, 0.6) is 0 Å². The van der Waals surface area contributed by atoms with Gasteiger partial charge in [-0.1, -0.05) is 0 Å². The number of nitrogens with two attached hydrogens (primary N) is 1. The third-order valence-electron chi connectivity index (χ3n) is 3.16. The average molecular weight is 351 g/mol. The molecule has 2 aromatic rings. The first-order chi connectivity index (χ1) is 11.2. The van der Waals surface area contributed by atoms with Gasteiger partial charge in [-0.25, -0.2) is 18.3 Å². The molecular weight excluding hydrogens is 337 g/mol. The van der Waals surface area contributed by atoms with Crippen molar-refractivity contribution in [2.75, 3.05) is 0 Å². The molecule has 24 heavy (non-hydrogen) atoms. The summed E-state index contributed by atoms with van der Waals surface area (Å²) >= 11 is 0. The summed E-state index contributed by atoms with van der Waals surface area (Å²) in [6.45, 7) is 0.130. The van der Waals surface area contributed by atoms with Crippen LogP contribution in [0.25, 0.3) is 5.65 Å². The monoisotopic (exact) mass is 351 g/mol. The van der Waals surface area contributed by atoms with Crippen molar-refractivity contribution in [3.8, 4) is 0 Å². The molecule has 0 bridgehead atoms. The SMILES string of the molecule is NCc1cn2ncc(C(NC(=O)CCC(F)(F)F)C(F)F)cc2n1. The van der Waals surface area contributed by atoms with E-state index in [9.17, 15) is 26.7 Å². The van der Waals surface area contributed by atoms with Gasteiger partial charge in [0.2, 0.25) is 5.91 Å². The molecule has 0 spiro atoms. The second kappa shape index (κ2) is 7.07. The van der Waals surface area contributed by atoms with Gasteiger partial charge < -0.3 is 11.1 Å². The molecule has 1 atom stereocenters. The fraction of sp³-hybridized carbons (Fsp3) is 0.462. The van der Waals surface area contributed by atoms with Crippen LogP contribution in [0.15, 0.2) is 18.5 Å². The number of halogens is 5. The molecule has 0 radical (unpaired) electrons. The quantitative estimate of drug-likeness (QED) is 0.779. The predicted molar refractivity (Wildman–Crippen MR) is 73.1 cm³/mol. The van der Waals surface area contributed by atoms with Crippen molar-refractivity contribution in [1.82, 2.24) is 19.9 Å². The molecule has 3 N–H and O–H groups in total. The van der Waals surface area contributed by atoms with Crippen LogP contribution in [-0.2, 0) is 11.3 Å². The van der Waals surface area contributed by atoms with Crippen LogP contribution in [-0.4, -0.2) is 33.1 Å². The minimum absolute atomic E-state index is 0.0629. The minimum Gasteiger partial charge on any atom is -0.344 e. The second-order valence-electron chi connectivity index (χ2n) is 5.02. The highest BCUT2D eigenvalue weighted by Crippen LogP contribution is 2.24. The fourth-order valence-electron chi connectivity index (χ4n) is 2.00. The van der Waals surface area contributed by atoms with Crippen LogP contribution < -0.4 is 11.1 Å². The van der Waals surface area contributed by atoms with Crippen LogP contribution >= 0.6 is 0 Å². The van der Waals surface area contributed by atoms with Gasteiger partial charge in [0.25, 0.3) is 6.43 Å². The standard InChI is InChI=1S/C13H14F5N5O/c14-12(15)11(22-10(24)1-2-13(16,17)18)7-3-9-21-8(4-19)6-23(9)20-5-7/h3,5-6,11-12H,1-2,4,19H2,(H,22,24). The van der Waals surface area contributed by atoms with Gasteiger partial charge in [0.1, 0.15) is 6.04 Å². The number of carbonyl (C=O) groups excluding carboxylic acids is 1. The maximum Gasteiger partial charge on any atom is 0.389 e. The van der Waals surface area contributed by atoms with Crippen LogP contribution in [0.2, 0.25) is 0 Å². The number of alkyl halides is 5. The lowest BCUT2D eigenvalue weighted by molar-refractivity contribution is -0.144. The number of hydrogen-bond donors (Lipinski definition) is 2. The zero-order valence-electron chi connectivity index (χ0n) is 12.2. The zero-order valence-corrected chi connectivity index (χ0v) is 12.2. The number of rotatable bonds is 6. The van der Waals surface area contributed by atoms with Gasteiger partial charge in [0.15, 0.2) is 5.65 Å². The lowest BCUT2D eigenvalue weighted by Gasteiger charge is -2.18. The summed E-state index contributed by atoms with van der Waals surface area (Å²) in [7, 11) is 0. The van der Waals surface area contributed by atoms with E-state index in [1.54, 1.807) is 0 Å². The number of aromatic nitrogens is 3. The van der Waals surface area contributed by atoms with E-state index in [1.165, 1.54) is 16.8 Å². The minimum atomic E-state index is -4.54. The predicted octanol–water partition coefficient (Wildman–Crippen LogP) is 1.95. The third kappa shape index (κ3) is 4.60. The summed E-state index contributed by atoms with van der Waals surface area (Å²) in [6.07, 6.45) is -7.26. The average Bonchev–Trinajstić information content (AvgIpc) is 2.91. The summed E-state index contributed by atoms with van der Waals surface area (Å²) < 4.78 is 63.9. The van der Waals surface area contributed by atoms with Crippen molar-refractivity contribution in [2.45, 2.75) is 38.0 Å². The molecular formula is C13H14F5N5O. The van der Waals surface area contributed by atoms with Gasteiger partial charge in [-0.15, -0.1) is 0 Å². The number of nitrogens with zero attached hydrogens (tertiary/aromatic N) is 3. The lowest BCUT2D eigenvalue weighted by atomic mass is 10.1. The largest absolute Gasteiger partial charge is 0.389 e. The third-order valence-corrected chi connectivity index (χ3v) is 3.16. The highest BCUT2D eigenvalue weighted by molar-refractivity contribution is 5.76. The Morgan fingerprint density at radius 3 is 2.67 bits per heavy atom. The molecule has 2 heterocycles. The summed E-state index contributed by atoms with van der Waals surface area (Å²) in [5.41, 5.74) is 6.09. The maximum atomic E-state index is 13.2. The Labute approximate surface area is 132 Å². The van der Waals surface area contributed by atoms with E-state index in [2.05, 4.69) is 10.1 Å². The second-order valence-corrected chi connectivity index (χ2v) is 5.02. The van der Waals surface area contributed by atoms with E-state index >= 15 is 0 Å². The van der Waals surface area contributed by atoms with Crippen molar-refractivity contribution < 1.29 is 26.7 Å². The molecule has 0 fully saturated rings. The van der Waals surface area contributed by atoms with Crippen LogP contribution in [0.1, 0.15) is 30.1 Å². The van der Waals surface area contributed by atoms with Gasteiger partial charge in [-0.2, -0.15) is 18.3 Å². The highest BCUT2D eigenvalue weighted by atomic mass is 19.4. The zero-order chi connectivity index (χ0) is 17.9. The topological polar surface area (TPSA) is 85.3 Å². The van der Waals surface area contributed by atoms with E-state index in [-0.39, 0.29) is 17.8 Å².